The van der Waals surface area contributed by atoms with Crippen molar-refractivity contribution in [3.8, 4) is 6.07 Å². The number of sulfonamides is 1. The topological polar surface area (TPSA) is 87.8 Å². The smallest absolute Gasteiger partial charge is 0.241 e. The SMILES string of the molecule is Cn1ccnc1C(NS(=O)(=O)c1ccc(C#N)cc1)c1ccc(F)cc1. The summed E-state index contributed by atoms with van der Waals surface area (Å²) in [7, 11) is -2.15. The standard InChI is InChI=1S/C18H15FN4O2S/c1-23-11-10-21-18(23)17(14-4-6-15(19)7-5-14)22-26(24,25)16-8-2-13(12-20)3-9-16/h2-11,17,22H,1H3. The van der Waals surface area contributed by atoms with Crippen LogP contribution in [0.2, 0.25) is 0 Å². The number of nitrogens with one attached hydrogen (secondary N) is 1. The fourth-order valence-electron chi connectivity index (χ4n) is 2.51. The third-order valence-electron chi connectivity index (χ3n) is 3.89. The Morgan fingerprint density at radius 1 is 1.15 bits per heavy atom. The Hall–Kier alpha value is -3.02. The molecular weight excluding hydrogens is 355 g/mol. The first kappa shape index (κ1) is 17.8. The number of imidazole rings is 1. The van der Waals surface area contributed by atoms with Crippen molar-refractivity contribution in [2.75, 3.05) is 0 Å². The molecule has 1 unspecified atom stereocenters. The van der Waals surface area contributed by atoms with Crippen LogP contribution < -0.4 is 4.72 Å². The van der Waals surface area contributed by atoms with Crippen LogP contribution in [0, 0.1) is 17.1 Å². The second-order valence-electron chi connectivity index (χ2n) is 5.64. The average molecular weight is 370 g/mol. The molecule has 1 N–H and O–H groups in total. The Labute approximate surface area is 150 Å². The molecule has 0 radical (unpaired) electrons. The zero-order chi connectivity index (χ0) is 18.7. The minimum absolute atomic E-state index is 0.0258. The van der Waals surface area contributed by atoms with Crippen LogP contribution in [0.1, 0.15) is 23.0 Å². The third kappa shape index (κ3) is 3.64. The lowest BCUT2D eigenvalue weighted by atomic mass is 10.1. The molecule has 0 aliphatic rings. The van der Waals surface area contributed by atoms with E-state index in [-0.39, 0.29) is 4.90 Å². The average Bonchev–Trinajstić information content (AvgIpc) is 3.06. The van der Waals surface area contributed by atoms with Crippen LogP contribution in [-0.2, 0) is 17.1 Å². The van der Waals surface area contributed by atoms with Crippen molar-refractivity contribution in [1.29, 1.82) is 5.26 Å². The number of nitriles is 1. The molecule has 0 saturated carbocycles. The lowest BCUT2D eigenvalue weighted by Gasteiger charge is -2.19. The van der Waals surface area contributed by atoms with Gasteiger partial charge < -0.3 is 4.57 Å². The minimum atomic E-state index is -3.89. The Balaban J connectivity index is 2.01. The molecule has 3 aromatic rings. The van der Waals surface area contributed by atoms with Gasteiger partial charge in [0.25, 0.3) is 0 Å². The summed E-state index contributed by atoms with van der Waals surface area (Å²) in [6.45, 7) is 0. The molecule has 6 nitrogen and oxygen atoms in total. The Morgan fingerprint density at radius 2 is 1.81 bits per heavy atom. The molecule has 0 aliphatic carbocycles. The molecule has 3 rings (SSSR count). The van der Waals surface area contributed by atoms with Crippen molar-refractivity contribution in [1.82, 2.24) is 14.3 Å². The Bertz CT molecular complexity index is 1050. The van der Waals surface area contributed by atoms with Crippen molar-refractivity contribution in [2.24, 2.45) is 7.05 Å². The number of aromatic nitrogens is 2. The molecular formula is C18H15FN4O2S. The van der Waals surface area contributed by atoms with Gasteiger partial charge in [0.05, 0.1) is 16.5 Å². The molecule has 1 aromatic heterocycles. The predicted molar refractivity (Wildman–Crippen MR) is 92.9 cm³/mol. The van der Waals surface area contributed by atoms with Gasteiger partial charge in [-0.2, -0.15) is 9.98 Å². The van der Waals surface area contributed by atoms with Gasteiger partial charge in [-0.15, -0.1) is 0 Å². The number of rotatable bonds is 5. The Kier molecular flexibility index (Phi) is 4.84. The summed E-state index contributed by atoms with van der Waals surface area (Å²) in [5, 5.41) is 8.85. The van der Waals surface area contributed by atoms with Crippen LogP contribution in [0.3, 0.4) is 0 Å². The maximum atomic E-state index is 13.3. The van der Waals surface area contributed by atoms with E-state index in [4.69, 9.17) is 5.26 Å². The molecule has 0 amide bonds. The van der Waals surface area contributed by atoms with Crippen LogP contribution in [0.15, 0.2) is 65.8 Å². The second kappa shape index (κ2) is 7.07. The molecule has 26 heavy (non-hydrogen) atoms. The van der Waals surface area contributed by atoms with E-state index < -0.39 is 21.9 Å². The fraction of sp³-hybridized carbons (Fsp3) is 0.111. The molecule has 0 bridgehead atoms. The van der Waals surface area contributed by atoms with E-state index >= 15 is 0 Å². The van der Waals surface area contributed by atoms with Gasteiger partial charge in [-0.3, -0.25) is 0 Å². The predicted octanol–water partition coefficient (Wildman–Crippen LogP) is 2.50. The molecule has 2 aromatic carbocycles. The quantitative estimate of drug-likeness (QED) is 0.747. The highest BCUT2D eigenvalue weighted by Gasteiger charge is 2.25. The van der Waals surface area contributed by atoms with E-state index in [1.165, 1.54) is 48.5 Å². The van der Waals surface area contributed by atoms with E-state index in [0.29, 0.717) is 17.0 Å². The normalized spacial score (nSPS) is 12.5. The molecule has 0 saturated heterocycles. The first-order chi connectivity index (χ1) is 12.4. The van der Waals surface area contributed by atoms with E-state index in [0.717, 1.165) is 0 Å². The number of halogens is 1. The monoisotopic (exact) mass is 370 g/mol. The van der Waals surface area contributed by atoms with Crippen LogP contribution in [0.4, 0.5) is 4.39 Å². The van der Waals surface area contributed by atoms with Gasteiger partial charge in [0, 0.05) is 19.4 Å². The van der Waals surface area contributed by atoms with Gasteiger partial charge in [-0.25, -0.2) is 17.8 Å². The largest absolute Gasteiger partial charge is 0.336 e. The van der Waals surface area contributed by atoms with E-state index in [2.05, 4.69) is 9.71 Å². The maximum absolute atomic E-state index is 13.3. The second-order valence-corrected chi connectivity index (χ2v) is 7.35. The highest BCUT2D eigenvalue weighted by molar-refractivity contribution is 7.89. The van der Waals surface area contributed by atoms with Crippen molar-refractivity contribution in [3.63, 3.8) is 0 Å². The zero-order valence-corrected chi connectivity index (χ0v) is 14.6. The maximum Gasteiger partial charge on any atom is 0.241 e. The summed E-state index contributed by atoms with van der Waals surface area (Å²) < 4.78 is 43.1. The summed E-state index contributed by atoms with van der Waals surface area (Å²) >= 11 is 0. The minimum Gasteiger partial charge on any atom is -0.336 e. The van der Waals surface area contributed by atoms with Crippen molar-refractivity contribution >= 4 is 10.0 Å². The Morgan fingerprint density at radius 3 is 2.35 bits per heavy atom. The lowest BCUT2D eigenvalue weighted by molar-refractivity contribution is 0.562. The molecule has 8 heteroatoms. The number of hydrogen-bond acceptors (Lipinski definition) is 4. The zero-order valence-electron chi connectivity index (χ0n) is 13.8. The van der Waals surface area contributed by atoms with Crippen molar-refractivity contribution in [2.45, 2.75) is 10.9 Å². The summed E-state index contributed by atoms with van der Waals surface area (Å²) in [5.41, 5.74) is 0.918. The number of hydrogen-bond donors (Lipinski definition) is 1. The number of aryl methyl sites for hydroxylation is 1. The van der Waals surface area contributed by atoms with Gasteiger partial charge in [0.1, 0.15) is 17.7 Å². The van der Waals surface area contributed by atoms with Gasteiger partial charge in [0.15, 0.2) is 0 Å². The van der Waals surface area contributed by atoms with Crippen LogP contribution in [0.25, 0.3) is 0 Å². The molecule has 132 valence electrons. The summed E-state index contributed by atoms with van der Waals surface area (Å²) in [6.07, 6.45) is 3.25. The molecule has 1 atom stereocenters. The van der Waals surface area contributed by atoms with Gasteiger partial charge in [0.2, 0.25) is 10.0 Å². The van der Waals surface area contributed by atoms with Crippen molar-refractivity contribution < 1.29 is 12.8 Å². The fourth-order valence-corrected chi connectivity index (χ4v) is 3.69. The highest BCUT2D eigenvalue weighted by Crippen LogP contribution is 2.23. The number of nitrogens with zero attached hydrogens (tertiary/aromatic N) is 3. The highest BCUT2D eigenvalue weighted by atomic mass is 32.2. The van der Waals surface area contributed by atoms with Crippen LogP contribution in [0.5, 0.6) is 0 Å². The van der Waals surface area contributed by atoms with E-state index in [9.17, 15) is 12.8 Å². The first-order valence-corrected chi connectivity index (χ1v) is 9.14. The third-order valence-corrected chi connectivity index (χ3v) is 5.33. The van der Waals surface area contributed by atoms with Crippen LogP contribution in [-0.4, -0.2) is 18.0 Å². The van der Waals surface area contributed by atoms with Crippen LogP contribution >= 0.6 is 0 Å². The lowest BCUT2D eigenvalue weighted by Crippen LogP contribution is -2.31. The van der Waals surface area contributed by atoms with Gasteiger partial charge in [-0.1, -0.05) is 12.1 Å². The van der Waals surface area contributed by atoms with Crippen molar-refractivity contribution in [3.05, 3.63) is 83.7 Å². The van der Waals surface area contributed by atoms with Gasteiger partial charge >= 0.3 is 0 Å². The molecule has 0 spiro atoms. The molecule has 1 heterocycles. The van der Waals surface area contributed by atoms with E-state index in [1.807, 2.05) is 6.07 Å². The van der Waals surface area contributed by atoms with E-state index in [1.54, 1.807) is 24.0 Å². The summed E-state index contributed by atoms with van der Waals surface area (Å²) in [4.78, 5) is 4.25. The first-order valence-electron chi connectivity index (χ1n) is 7.66. The molecule has 0 fully saturated rings. The summed E-state index contributed by atoms with van der Waals surface area (Å²) in [6, 6.07) is 12.3. The summed E-state index contributed by atoms with van der Waals surface area (Å²) in [5.74, 6) is 0.0520. The molecule has 0 aliphatic heterocycles. The van der Waals surface area contributed by atoms with Gasteiger partial charge in [-0.05, 0) is 42.0 Å². The number of benzene rings is 2.